The van der Waals surface area contributed by atoms with E-state index >= 15 is 0 Å². The number of halogens is 2. The van der Waals surface area contributed by atoms with Crippen molar-refractivity contribution >= 4 is 35.2 Å². The number of carbonyl (C=O) groups excluding carboxylic acids is 1. The molecule has 0 amide bonds. The lowest BCUT2D eigenvalue weighted by Crippen LogP contribution is -2.33. The number of hydrogen-bond acceptors (Lipinski definition) is 5. The van der Waals surface area contributed by atoms with Crippen LogP contribution >= 0.6 is 23.5 Å². The summed E-state index contributed by atoms with van der Waals surface area (Å²) in [5.41, 5.74) is 4.36. The minimum atomic E-state index is -0.779. The molecule has 0 saturated carbocycles. The van der Waals surface area contributed by atoms with E-state index in [1.165, 1.54) is 18.0 Å². The van der Waals surface area contributed by atoms with Crippen LogP contribution in [0.25, 0.3) is 0 Å². The summed E-state index contributed by atoms with van der Waals surface area (Å²) in [6.07, 6.45) is 1.90. The van der Waals surface area contributed by atoms with Crippen LogP contribution in [0.5, 0.6) is 0 Å². The van der Waals surface area contributed by atoms with E-state index in [1.54, 1.807) is 10.5 Å². The van der Waals surface area contributed by atoms with Crippen LogP contribution in [0.2, 0.25) is 5.02 Å². The van der Waals surface area contributed by atoms with Crippen molar-refractivity contribution < 1.29 is 13.9 Å². The predicted molar refractivity (Wildman–Crippen MR) is 110 cm³/mol. The van der Waals surface area contributed by atoms with Gasteiger partial charge in [0.05, 0.1) is 10.7 Å². The Morgan fingerprint density at radius 3 is 2.59 bits per heavy atom. The minimum absolute atomic E-state index is 0.0419. The molecule has 1 N–H and O–H groups in total. The van der Waals surface area contributed by atoms with E-state index in [0.717, 1.165) is 30.7 Å². The molecule has 0 bridgehead atoms. The standard InChI is InChI=1S/C20H24ClFN2O2S/c1-3-12-23-24(27-13-4-2)17-11-10-16(22)18(19(17)21)20(25)26-14-15-8-6-5-7-9-15/h5-11,23H,3-4,12-14H2,1-2H3. The maximum Gasteiger partial charge on any atom is 0.343 e. The number of hydrogen-bond donors (Lipinski definition) is 1. The van der Waals surface area contributed by atoms with Gasteiger partial charge < -0.3 is 4.74 Å². The number of carbonyl (C=O) groups is 1. The van der Waals surface area contributed by atoms with Gasteiger partial charge in [-0.25, -0.2) is 19.0 Å². The predicted octanol–water partition coefficient (Wildman–Crippen LogP) is 5.62. The molecule has 2 aromatic rings. The summed E-state index contributed by atoms with van der Waals surface area (Å²) in [6, 6.07) is 12.0. The van der Waals surface area contributed by atoms with Crippen LogP contribution in [-0.4, -0.2) is 18.3 Å². The van der Waals surface area contributed by atoms with Gasteiger partial charge in [0.1, 0.15) is 18.0 Å². The molecule has 0 aliphatic carbocycles. The fraction of sp³-hybridized carbons (Fsp3) is 0.350. The Kier molecular flexibility index (Phi) is 8.91. The lowest BCUT2D eigenvalue weighted by molar-refractivity contribution is 0.0467. The summed E-state index contributed by atoms with van der Waals surface area (Å²) in [6.45, 7) is 4.91. The molecule has 0 radical (unpaired) electrons. The zero-order chi connectivity index (χ0) is 19.6. The molecule has 4 nitrogen and oxygen atoms in total. The molecule has 0 saturated heterocycles. The first-order valence-corrected chi connectivity index (χ1v) is 10.3. The first kappa shape index (κ1) is 21.5. The lowest BCUT2D eigenvalue weighted by atomic mass is 10.2. The number of esters is 1. The highest BCUT2D eigenvalue weighted by Gasteiger charge is 2.23. The molecule has 0 spiro atoms. The third-order valence-electron chi connectivity index (χ3n) is 3.64. The number of nitrogens with zero attached hydrogens (tertiary/aromatic N) is 1. The smallest absolute Gasteiger partial charge is 0.343 e. The minimum Gasteiger partial charge on any atom is -0.457 e. The Bertz CT molecular complexity index is 738. The largest absolute Gasteiger partial charge is 0.457 e. The van der Waals surface area contributed by atoms with Crippen LogP contribution in [0.4, 0.5) is 10.1 Å². The van der Waals surface area contributed by atoms with Crippen LogP contribution in [0.1, 0.15) is 42.6 Å². The number of ether oxygens (including phenoxy) is 1. The molecular weight excluding hydrogens is 387 g/mol. The molecule has 0 fully saturated rings. The quantitative estimate of drug-likeness (QED) is 0.313. The Labute approximate surface area is 169 Å². The summed E-state index contributed by atoms with van der Waals surface area (Å²) in [5.74, 6) is -0.616. The summed E-state index contributed by atoms with van der Waals surface area (Å²) < 4.78 is 21.4. The second-order valence-corrected chi connectivity index (χ2v) is 7.26. The van der Waals surface area contributed by atoms with Gasteiger partial charge in [-0.2, -0.15) is 0 Å². The van der Waals surface area contributed by atoms with Crippen LogP contribution in [-0.2, 0) is 11.3 Å². The number of nitrogens with one attached hydrogen (secondary N) is 1. The van der Waals surface area contributed by atoms with Gasteiger partial charge in [0, 0.05) is 12.3 Å². The number of benzene rings is 2. The highest BCUT2D eigenvalue weighted by molar-refractivity contribution is 8.00. The van der Waals surface area contributed by atoms with Crippen molar-refractivity contribution in [3.05, 3.63) is 64.4 Å². The van der Waals surface area contributed by atoms with Gasteiger partial charge in [0.25, 0.3) is 0 Å². The molecule has 0 unspecified atom stereocenters. The van der Waals surface area contributed by atoms with Crippen LogP contribution in [0, 0.1) is 5.82 Å². The van der Waals surface area contributed by atoms with E-state index in [4.69, 9.17) is 16.3 Å². The van der Waals surface area contributed by atoms with Gasteiger partial charge in [-0.3, -0.25) is 0 Å². The van der Waals surface area contributed by atoms with Crippen LogP contribution in [0.3, 0.4) is 0 Å². The first-order chi connectivity index (χ1) is 13.1. The van der Waals surface area contributed by atoms with Crippen molar-refractivity contribution in [2.75, 3.05) is 16.7 Å². The molecule has 0 aromatic heterocycles. The molecule has 0 heterocycles. The Morgan fingerprint density at radius 1 is 1.19 bits per heavy atom. The van der Waals surface area contributed by atoms with Gasteiger partial charge in [-0.15, -0.1) is 0 Å². The van der Waals surface area contributed by atoms with E-state index in [-0.39, 0.29) is 17.2 Å². The van der Waals surface area contributed by atoms with Crippen LogP contribution < -0.4 is 9.84 Å². The topological polar surface area (TPSA) is 41.6 Å². The first-order valence-electron chi connectivity index (χ1n) is 8.94. The maximum absolute atomic E-state index is 14.3. The fourth-order valence-electron chi connectivity index (χ4n) is 2.28. The van der Waals surface area contributed by atoms with Crippen molar-refractivity contribution in [1.82, 2.24) is 5.43 Å². The van der Waals surface area contributed by atoms with Gasteiger partial charge in [0.15, 0.2) is 0 Å². The molecule has 0 aliphatic heterocycles. The third-order valence-corrected chi connectivity index (χ3v) is 5.19. The lowest BCUT2D eigenvalue weighted by Gasteiger charge is -2.25. The van der Waals surface area contributed by atoms with Gasteiger partial charge >= 0.3 is 5.97 Å². The summed E-state index contributed by atoms with van der Waals surface area (Å²) in [5, 5.41) is 0.0419. The van der Waals surface area contributed by atoms with Gasteiger partial charge in [-0.05, 0) is 42.5 Å². The van der Waals surface area contributed by atoms with E-state index < -0.39 is 11.8 Å². The average molecular weight is 411 g/mol. The number of anilines is 1. The molecule has 0 atom stereocenters. The van der Waals surface area contributed by atoms with Crippen molar-refractivity contribution in [2.45, 2.75) is 33.3 Å². The van der Waals surface area contributed by atoms with Crippen molar-refractivity contribution in [1.29, 1.82) is 0 Å². The molecule has 2 rings (SSSR count). The van der Waals surface area contributed by atoms with Crippen LogP contribution in [0.15, 0.2) is 42.5 Å². The molecule has 7 heteroatoms. The van der Waals surface area contributed by atoms with E-state index in [0.29, 0.717) is 5.69 Å². The van der Waals surface area contributed by atoms with Gasteiger partial charge in [-0.1, -0.05) is 55.8 Å². The number of hydrazine groups is 1. The number of rotatable bonds is 10. The van der Waals surface area contributed by atoms with Gasteiger partial charge in [0.2, 0.25) is 0 Å². The zero-order valence-corrected chi connectivity index (χ0v) is 17.1. The second kappa shape index (κ2) is 11.2. The van der Waals surface area contributed by atoms with E-state index in [2.05, 4.69) is 12.3 Å². The Morgan fingerprint density at radius 2 is 1.93 bits per heavy atom. The maximum atomic E-state index is 14.3. The zero-order valence-electron chi connectivity index (χ0n) is 15.5. The molecule has 2 aromatic carbocycles. The molecular formula is C20H24ClFN2O2S. The fourth-order valence-corrected chi connectivity index (χ4v) is 3.48. The monoisotopic (exact) mass is 410 g/mol. The highest BCUT2D eigenvalue weighted by atomic mass is 35.5. The molecule has 146 valence electrons. The Hall–Kier alpha value is -1.76. The van der Waals surface area contributed by atoms with E-state index in [1.807, 2.05) is 37.3 Å². The Balaban J connectivity index is 2.22. The summed E-state index contributed by atoms with van der Waals surface area (Å²) in [4.78, 5) is 12.5. The summed E-state index contributed by atoms with van der Waals surface area (Å²) >= 11 is 7.94. The normalized spacial score (nSPS) is 10.7. The highest BCUT2D eigenvalue weighted by Crippen LogP contribution is 2.34. The SMILES string of the molecule is CCCNN(SCCC)c1ccc(F)c(C(=O)OCc2ccccc2)c1Cl. The van der Waals surface area contributed by atoms with Crippen molar-refractivity contribution in [3.63, 3.8) is 0 Å². The van der Waals surface area contributed by atoms with E-state index in [9.17, 15) is 9.18 Å². The van der Waals surface area contributed by atoms with Crippen molar-refractivity contribution in [3.8, 4) is 0 Å². The summed E-state index contributed by atoms with van der Waals surface area (Å²) in [7, 11) is 0. The molecule has 27 heavy (non-hydrogen) atoms. The molecule has 0 aliphatic rings. The van der Waals surface area contributed by atoms with Crippen molar-refractivity contribution in [2.24, 2.45) is 0 Å². The third kappa shape index (κ3) is 6.13. The second-order valence-electron chi connectivity index (χ2n) is 5.85. The average Bonchev–Trinajstić information content (AvgIpc) is 2.68.